The summed E-state index contributed by atoms with van der Waals surface area (Å²) in [6.07, 6.45) is 3.93. The second kappa shape index (κ2) is 12.3. The number of hydrogen-bond donors (Lipinski definition) is 2. The molecule has 8 nitrogen and oxygen atoms in total. The van der Waals surface area contributed by atoms with E-state index < -0.39 is 0 Å². The smallest absolute Gasteiger partial charge is 0.317 e. The van der Waals surface area contributed by atoms with Crippen molar-refractivity contribution in [3.8, 4) is 0 Å². The van der Waals surface area contributed by atoms with Crippen molar-refractivity contribution >= 4 is 40.8 Å². The molecule has 2 aliphatic heterocycles. The molecule has 2 aliphatic rings. The van der Waals surface area contributed by atoms with E-state index in [0.29, 0.717) is 41.5 Å². The molecule has 0 unspecified atom stereocenters. The minimum absolute atomic E-state index is 0.0176. The van der Waals surface area contributed by atoms with E-state index >= 15 is 0 Å². The summed E-state index contributed by atoms with van der Waals surface area (Å²) >= 11 is 5.95. The molecular formula is C28H36ClN5O3. The quantitative estimate of drug-likeness (QED) is 0.584. The van der Waals surface area contributed by atoms with E-state index in [1.165, 1.54) is 0 Å². The number of likely N-dealkylation sites (tertiary alicyclic amines) is 1. The molecule has 2 fully saturated rings. The van der Waals surface area contributed by atoms with Crippen LogP contribution >= 0.6 is 11.6 Å². The van der Waals surface area contributed by atoms with Crippen LogP contribution in [0.5, 0.6) is 0 Å². The number of halogens is 1. The first-order chi connectivity index (χ1) is 17.8. The zero-order valence-electron chi connectivity index (χ0n) is 21.6. The summed E-state index contributed by atoms with van der Waals surface area (Å²) < 4.78 is 0. The molecule has 0 radical (unpaired) electrons. The van der Waals surface area contributed by atoms with Gasteiger partial charge < -0.3 is 25.3 Å². The summed E-state index contributed by atoms with van der Waals surface area (Å²) in [5, 5.41) is 6.46. The standard InChI is InChI=1S/C28H36ClN5O3/c1-20(2)30-28(37)34-16-6-15-32(17-18-34)25-12-11-23(31-26(35)21-7-9-22(29)10-8-21)19-24(25)27(36)33-13-4-3-5-14-33/h7-12,19-20H,3-6,13-18H2,1-2H3,(H,30,37)(H,31,35). The number of benzene rings is 2. The summed E-state index contributed by atoms with van der Waals surface area (Å²) in [7, 11) is 0. The predicted molar refractivity (Wildman–Crippen MR) is 148 cm³/mol. The number of anilines is 2. The van der Waals surface area contributed by atoms with E-state index in [-0.39, 0.29) is 23.9 Å². The maximum absolute atomic E-state index is 13.7. The average molecular weight is 526 g/mol. The van der Waals surface area contributed by atoms with Crippen LogP contribution in [0.1, 0.15) is 60.2 Å². The number of amides is 4. The van der Waals surface area contributed by atoms with Gasteiger partial charge in [-0.05, 0) is 82.0 Å². The van der Waals surface area contributed by atoms with E-state index in [2.05, 4.69) is 15.5 Å². The van der Waals surface area contributed by atoms with Gasteiger partial charge in [-0.2, -0.15) is 0 Å². The van der Waals surface area contributed by atoms with Crippen molar-refractivity contribution in [1.29, 1.82) is 0 Å². The van der Waals surface area contributed by atoms with Crippen molar-refractivity contribution in [3.63, 3.8) is 0 Å². The van der Waals surface area contributed by atoms with Crippen LogP contribution in [0.3, 0.4) is 0 Å². The molecule has 0 aliphatic carbocycles. The van der Waals surface area contributed by atoms with Crippen LogP contribution in [0, 0.1) is 0 Å². The lowest BCUT2D eigenvalue weighted by atomic mass is 10.1. The number of hydrogen-bond acceptors (Lipinski definition) is 4. The highest BCUT2D eigenvalue weighted by Gasteiger charge is 2.26. The van der Waals surface area contributed by atoms with Crippen molar-refractivity contribution in [2.45, 2.75) is 45.6 Å². The fourth-order valence-corrected chi connectivity index (χ4v) is 4.96. The van der Waals surface area contributed by atoms with Crippen LogP contribution in [0.15, 0.2) is 42.5 Å². The van der Waals surface area contributed by atoms with E-state index in [1.807, 2.05) is 35.8 Å². The molecule has 2 aromatic rings. The zero-order chi connectivity index (χ0) is 26.4. The molecular weight excluding hydrogens is 490 g/mol. The minimum atomic E-state index is -0.262. The molecule has 2 aromatic carbocycles. The van der Waals surface area contributed by atoms with Crippen LogP contribution in [0.2, 0.25) is 5.02 Å². The highest BCUT2D eigenvalue weighted by Crippen LogP contribution is 2.28. The molecule has 37 heavy (non-hydrogen) atoms. The molecule has 198 valence electrons. The third-order valence-corrected chi connectivity index (χ3v) is 7.02. The van der Waals surface area contributed by atoms with E-state index in [4.69, 9.17) is 11.6 Å². The topological polar surface area (TPSA) is 85.0 Å². The third-order valence-electron chi connectivity index (χ3n) is 6.77. The summed E-state index contributed by atoms with van der Waals surface area (Å²) in [5.74, 6) is -0.279. The molecule has 0 saturated carbocycles. The van der Waals surface area contributed by atoms with Gasteiger partial charge in [0.2, 0.25) is 0 Å². The fourth-order valence-electron chi connectivity index (χ4n) is 4.83. The molecule has 2 saturated heterocycles. The molecule has 4 rings (SSSR count). The maximum Gasteiger partial charge on any atom is 0.317 e. The van der Waals surface area contributed by atoms with Gasteiger partial charge in [-0.15, -0.1) is 0 Å². The highest BCUT2D eigenvalue weighted by atomic mass is 35.5. The Kier molecular flexibility index (Phi) is 8.92. The number of carbonyl (C=O) groups is 3. The Morgan fingerprint density at radius 2 is 1.51 bits per heavy atom. The lowest BCUT2D eigenvalue weighted by molar-refractivity contribution is 0.0724. The number of carbonyl (C=O) groups excluding carboxylic acids is 3. The van der Waals surface area contributed by atoms with Gasteiger partial charge in [-0.3, -0.25) is 9.59 Å². The van der Waals surface area contributed by atoms with Gasteiger partial charge in [-0.1, -0.05) is 11.6 Å². The zero-order valence-corrected chi connectivity index (χ0v) is 22.4. The highest BCUT2D eigenvalue weighted by molar-refractivity contribution is 6.30. The lowest BCUT2D eigenvalue weighted by Gasteiger charge is -2.30. The van der Waals surface area contributed by atoms with E-state index in [9.17, 15) is 14.4 Å². The van der Waals surface area contributed by atoms with Crippen molar-refractivity contribution in [2.24, 2.45) is 0 Å². The van der Waals surface area contributed by atoms with Gasteiger partial charge in [0.25, 0.3) is 11.8 Å². The Labute approximate surface area is 223 Å². The Morgan fingerprint density at radius 1 is 0.811 bits per heavy atom. The third kappa shape index (κ3) is 6.95. The first-order valence-corrected chi connectivity index (χ1v) is 13.5. The van der Waals surface area contributed by atoms with Crippen LogP contribution in [0.25, 0.3) is 0 Å². The second-order valence-corrected chi connectivity index (χ2v) is 10.4. The Hall–Kier alpha value is -3.26. The molecule has 0 atom stereocenters. The molecule has 2 heterocycles. The minimum Gasteiger partial charge on any atom is -0.369 e. The van der Waals surface area contributed by atoms with Crippen molar-refractivity contribution in [1.82, 2.24) is 15.1 Å². The van der Waals surface area contributed by atoms with Gasteiger partial charge >= 0.3 is 6.03 Å². The first kappa shape index (κ1) is 26.8. The van der Waals surface area contributed by atoms with Crippen molar-refractivity contribution in [3.05, 3.63) is 58.6 Å². The van der Waals surface area contributed by atoms with Crippen LogP contribution in [-0.2, 0) is 0 Å². The Bertz CT molecular complexity index is 1120. The molecule has 0 spiro atoms. The fraction of sp³-hybridized carbons (Fsp3) is 0.464. The monoisotopic (exact) mass is 525 g/mol. The van der Waals surface area contributed by atoms with Crippen molar-refractivity contribution < 1.29 is 14.4 Å². The van der Waals surface area contributed by atoms with Gasteiger partial charge in [0, 0.05) is 67.3 Å². The number of nitrogens with zero attached hydrogens (tertiary/aromatic N) is 3. The number of piperidine rings is 1. The van der Waals surface area contributed by atoms with Gasteiger partial charge in [0.1, 0.15) is 0 Å². The van der Waals surface area contributed by atoms with Crippen LogP contribution in [0.4, 0.5) is 16.2 Å². The molecule has 0 bridgehead atoms. The first-order valence-electron chi connectivity index (χ1n) is 13.1. The lowest BCUT2D eigenvalue weighted by Crippen LogP contribution is -2.44. The SMILES string of the molecule is CC(C)NC(=O)N1CCCN(c2ccc(NC(=O)c3ccc(Cl)cc3)cc2C(=O)N2CCCCC2)CC1. The molecule has 4 amide bonds. The van der Waals surface area contributed by atoms with Gasteiger partial charge in [0.15, 0.2) is 0 Å². The maximum atomic E-state index is 13.7. The summed E-state index contributed by atoms with van der Waals surface area (Å²) in [6.45, 7) is 7.99. The van der Waals surface area contributed by atoms with Crippen LogP contribution in [-0.4, -0.2) is 73.0 Å². The normalized spacial score (nSPS) is 16.4. The average Bonchev–Trinajstić information content (AvgIpc) is 3.15. The predicted octanol–water partition coefficient (Wildman–Crippen LogP) is 4.85. The van der Waals surface area contributed by atoms with Gasteiger partial charge in [0.05, 0.1) is 5.56 Å². The summed E-state index contributed by atoms with van der Waals surface area (Å²) in [5.41, 5.74) is 2.48. The van der Waals surface area contributed by atoms with Crippen LogP contribution < -0.4 is 15.5 Å². The summed E-state index contributed by atoms with van der Waals surface area (Å²) in [6, 6.07) is 12.3. The Balaban J connectivity index is 1.57. The van der Waals surface area contributed by atoms with Gasteiger partial charge in [-0.25, -0.2) is 4.79 Å². The number of rotatable bonds is 5. The summed E-state index contributed by atoms with van der Waals surface area (Å²) in [4.78, 5) is 45.0. The Morgan fingerprint density at radius 3 is 2.22 bits per heavy atom. The van der Waals surface area contributed by atoms with E-state index in [0.717, 1.165) is 51.0 Å². The van der Waals surface area contributed by atoms with E-state index in [1.54, 1.807) is 30.3 Å². The second-order valence-electron chi connectivity index (χ2n) is 9.98. The molecule has 9 heteroatoms. The number of urea groups is 1. The largest absolute Gasteiger partial charge is 0.369 e. The molecule has 2 N–H and O–H groups in total. The van der Waals surface area contributed by atoms with Crippen molar-refractivity contribution in [2.75, 3.05) is 49.5 Å². The molecule has 0 aromatic heterocycles. The number of nitrogens with one attached hydrogen (secondary N) is 2.